The van der Waals surface area contributed by atoms with E-state index in [1.165, 1.54) is 11.1 Å². The second-order valence-electron chi connectivity index (χ2n) is 8.09. The van der Waals surface area contributed by atoms with Crippen molar-refractivity contribution in [1.82, 2.24) is 15.6 Å². The van der Waals surface area contributed by atoms with Crippen LogP contribution in [0.2, 0.25) is 0 Å². The number of rotatable bonds is 6. The molecule has 30 heavy (non-hydrogen) atoms. The fourth-order valence-corrected chi connectivity index (χ4v) is 4.16. The summed E-state index contributed by atoms with van der Waals surface area (Å²) in [6.45, 7) is 8.66. The van der Waals surface area contributed by atoms with Crippen molar-refractivity contribution in [2.45, 2.75) is 45.6 Å². The molecule has 0 saturated carbocycles. The van der Waals surface area contributed by atoms with Crippen molar-refractivity contribution in [2.75, 3.05) is 37.7 Å². The molecule has 2 N–H and O–H groups in total. The molecule has 1 aromatic carbocycles. The number of ether oxygens (including phenoxy) is 1. The predicted molar refractivity (Wildman–Crippen MR) is 123 cm³/mol. The van der Waals surface area contributed by atoms with Crippen molar-refractivity contribution in [3.8, 4) is 5.75 Å². The summed E-state index contributed by atoms with van der Waals surface area (Å²) in [6.07, 6.45) is 4.14. The first-order chi connectivity index (χ1) is 14.7. The third kappa shape index (κ3) is 5.23. The molecule has 0 aliphatic carbocycles. The average molecular weight is 408 g/mol. The number of hydrogen-bond donors (Lipinski definition) is 2. The van der Waals surface area contributed by atoms with Crippen LogP contribution in [-0.4, -0.2) is 49.8 Å². The number of benzene rings is 1. The zero-order valence-corrected chi connectivity index (χ0v) is 18.2. The van der Waals surface area contributed by atoms with Crippen molar-refractivity contribution in [3.05, 3.63) is 53.2 Å². The minimum absolute atomic E-state index is 0.445. The van der Waals surface area contributed by atoms with Crippen LogP contribution in [0.3, 0.4) is 0 Å². The zero-order chi connectivity index (χ0) is 20.8. The lowest BCUT2D eigenvalue weighted by Gasteiger charge is -2.34. The quantitative estimate of drug-likeness (QED) is 0.569. The van der Waals surface area contributed by atoms with Gasteiger partial charge in [0.25, 0.3) is 0 Å². The highest BCUT2D eigenvalue weighted by Gasteiger charge is 2.21. The molecule has 0 spiro atoms. The summed E-state index contributed by atoms with van der Waals surface area (Å²) in [5.41, 5.74) is 3.74. The van der Waals surface area contributed by atoms with Crippen LogP contribution >= 0.6 is 0 Å². The summed E-state index contributed by atoms with van der Waals surface area (Å²) in [5.74, 6) is 3.06. The second-order valence-corrected chi connectivity index (χ2v) is 8.09. The average Bonchev–Trinajstić information content (AvgIpc) is 3.22. The molecule has 6 heteroatoms. The molecule has 2 aromatic rings. The van der Waals surface area contributed by atoms with Crippen molar-refractivity contribution in [3.63, 3.8) is 0 Å². The molecule has 0 amide bonds. The lowest BCUT2D eigenvalue weighted by molar-refractivity contribution is 0.357. The number of aryl methyl sites for hydroxylation is 1. The van der Waals surface area contributed by atoms with Crippen LogP contribution < -0.4 is 20.3 Å². The highest BCUT2D eigenvalue weighted by atomic mass is 16.5. The molecular formula is C24H33N5O. The standard InChI is InChI=1S/C24H33N5O/c1-3-25-24(26-13-9-19-7-8-22-20(17-19)12-16-30-22)28-21-10-14-29(15-11-21)23-6-4-5-18(2)27-23/h4-8,17,21H,3,9-16H2,1-2H3,(H2,25,26,28). The number of piperidine rings is 1. The van der Waals surface area contributed by atoms with E-state index in [-0.39, 0.29) is 0 Å². The van der Waals surface area contributed by atoms with Gasteiger partial charge in [-0.2, -0.15) is 0 Å². The molecule has 160 valence electrons. The normalized spacial score (nSPS) is 16.9. The third-order valence-electron chi connectivity index (χ3n) is 5.80. The van der Waals surface area contributed by atoms with Gasteiger partial charge in [-0.05, 0) is 62.4 Å². The Labute approximate surface area is 179 Å². The van der Waals surface area contributed by atoms with Crippen molar-refractivity contribution >= 4 is 11.8 Å². The summed E-state index contributed by atoms with van der Waals surface area (Å²) < 4.78 is 5.60. The molecule has 4 rings (SSSR count). The fraction of sp³-hybridized carbons (Fsp3) is 0.500. The molecule has 1 aromatic heterocycles. The van der Waals surface area contributed by atoms with E-state index in [9.17, 15) is 0 Å². The Morgan fingerprint density at radius 1 is 1.23 bits per heavy atom. The van der Waals surface area contributed by atoms with Gasteiger partial charge in [-0.15, -0.1) is 0 Å². The van der Waals surface area contributed by atoms with E-state index in [0.717, 1.165) is 81.7 Å². The third-order valence-corrected chi connectivity index (χ3v) is 5.80. The van der Waals surface area contributed by atoms with E-state index in [1.54, 1.807) is 0 Å². The number of guanidine groups is 1. The van der Waals surface area contributed by atoms with E-state index in [1.807, 2.05) is 13.0 Å². The van der Waals surface area contributed by atoms with Gasteiger partial charge in [-0.1, -0.05) is 18.2 Å². The summed E-state index contributed by atoms with van der Waals surface area (Å²) in [6, 6.07) is 13.2. The van der Waals surface area contributed by atoms with Crippen LogP contribution in [0.4, 0.5) is 5.82 Å². The molecule has 0 unspecified atom stereocenters. The first-order valence-corrected chi connectivity index (χ1v) is 11.2. The number of fused-ring (bicyclic) bond motifs is 1. The first kappa shape index (κ1) is 20.5. The number of anilines is 1. The van der Waals surface area contributed by atoms with Crippen LogP contribution in [-0.2, 0) is 12.8 Å². The van der Waals surface area contributed by atoms with Crippen molar-refractivity contribution < 1.29 is 4.74 Å². The van der Waals surface area contributed by atoms with Crippen molar-refractivity contribution in [1.29, 1.82) is 0 Å². The molecule has 0 bridgehead atoms. The number of aliphatic imine (C=N–C) groups is 1. The summed E-state index contributed by atoms with van der Waals surface area (Å²) in [5, 5.41) is 7.04. The van der Waals surface area contributed by atoms with Gasteiger partial charge in [-0.25, -0.2) is 4.98 Å². The van der Waals surface area contributed by atoms with Gasteiger partial charge < -0.3 is 20.3 Å². The van der Waals surface area contributed by atoms with E-state index in [0.29, 0.717) is 6.04 Å². The Balaban J connectivity index is 1.28. The van der Waals surface area contributed by atoms with Crippen LogP contribution in [0.15, 0.2) is 41.4 Å². The number of pyridine rings is 1. The number of nitrogens with one attached hydrogen (secondary N) is 2. The summed E-state index contributed by atoms with van der Waals surface area (Å²) >= 11 is 0. The lowest BCUT2D eigenvalue weighted by Crippen LogP contribution is -2.49. The molecule has 2 aliphatic rings. The van der Waals surface area contributed by atoms with Crippen LogP contribution in [0.25, 0.3) is 0 Å². The van der Waals surface area contributed by atoms with E-state index >= 15 is 0 Å². The van der Waals surface area contributed by atoms with Gasteiger partial charge in [0.05, 0.1) is 6.61 Å². The molecule has 1 fully saturated rings. The maximum Gasteiger partial charge on any atom is 0.191 e. The monoisotopic (exact) mass is 407 g/mol. The largest absolute Gasteiger partial charge is 0.493 e. The molecular weight excluding hydrogens is 374 g/mol. The number of nitrogens with zero attached hydrogens (tertiary/aromatic N) is 3. The van der Waals surface area contributed by atoms with Gasteiger partial charge in [-0.3, -0.25) is 4.99 Å². The summed E-state index contributed by atoms with van der Waals surface area (Å²) in [7, 11) is 0. The number of hydrogen-bond acceptors (Lipinski definition) is 4. The van der Waals surface area contributed by atoms with E-state index in [4.69, 9.17) is 9.73 Å². The van der Waals surface area contributed by atoms with Crippen LogP contribution in [0, 0.1) is 6.92 Å². The first-order valence-electron chi connectivity index (χ1n) is 11.2. The van der Waals surface area contributed by atoms with Crippen molar-refractivity contribution in [2.24, 2.45) is 4.99 Å². The Kier molecular flexibility index (Phi) is 6.72. The molecule has 3 heterocycles. The molecule has 1 saturated heterocycles. The van der Waals surface area contributed by atoms with E-state index in [2.05, 4.69) is 57.8 Å². The van der Waals surface area contributed by atoms with Crippen LogP contribution in [0.1, 0.15) is 36.6 Å². The van der Waals surface area contributed by atoms with Gasteiger partial charge in [0.15, 0.2) is 5.96 Å². The topological polar surface area (TPSA) is 61.8 Å². The minimum Gasteiger partial charge on any atom is -0.493 e. The predicted octanol–water partition coefficient (Wildman–Crippen LogP) is 3.09. The van der Waals surface area contributed by atoms with E-state index < -0.39 is 0 Å². The maximum absolute atomic E-state index is 5.60. The molecule has 6 nitrogen and oxygen atoms in total. The Morgan fingerprint density at radius 3 is 2.90 bits per heavy atom. The van der Waals surface area contributed by atoms with Gasteiger partial charge in [0.2, 0.25) is 0 Å². The maximum atomic E-state index is 5.60. The SMILES string of the molecule is CCNC(=NCCc1ccc2c(c1)CCO2)NC1CCN(c2cccc(C)n2)CC1. The molecule has 0 radical (unpaired) electrons. The van der Waals surface area contributed by atoms with Gasteiger partial charge >= 0.3 is 0 Å². The number of aromatic nitrogens is 1. The summed E-state index contributed by atoms with van der Waals surface area (Å²) in [4.78, 5) is 11.9. The fourth-order valence-electron chi connectivity index (χ4n) is 4.16. The highest BCUT2D eigenvalue weighted by Crippen LogP contribution is 2.26. The Hall–Kier alpha value is -2.76. The minimum atomic E-state index is 0.445. The lowest BCUT2D eigenvalue weighted by atomic mass is 10.1. The highest BCUT2D eigenvalue weighted by molar-refractivity contribution is 5.80. The second kappa shape index (κ2) is 9.83. The Morgan fingerprint density at radius 2 is 2.10 bits per heavy atom. The van der Waals surface area contributed by atoms with Crippen LogP contribution in [0.5, 0.6) is 5.75 Å². The Bertz CT molecular complexity index is 874. The molecule has 0 atom stereocenters. The smallest absolute Gasteiger partial charge is 0.191 e. The zero-order valence-electron chi connectivity index (χ0n) is 18.2. The molecule has 2 aliphatic heterocycles. The van der Waals surface area contributed by atoms with Gasteiger partial charge in [0.1, 0.15) is 11.6 Å². The van der Waals surface area contributed by atoms with Gasteiger partial charge in [0, 0.05) is 44.3 Å².